The Morgan fingerprint density at radius 1 is 1.28 bits per heavy atom. The number of halogens is 1. The maximum atomic E-state index is 12.6. The van der Waals surface area contributed by atoms with Crippen LogP contribution < -0.4 is 11.2 Å². The Hall–Kier alpha value is -2.75. The van der Waals surface area contributed by atoms with Crippen LogP contribution in [0.1, 0.15) is 35.1 Å². The number of ether oxygens (including phenoxy) is 1. The van der Waals surface area contributed by atoms with Crippen LogP contribution in [0.2, 0.25) is 5.02 Å². The van der Waals surface area contributed by atoms with Crippen molar-refractivity contribution in [3.8, 4) is 0 Å². The zero-order chi connectivity index (χ0) is 21.1. The molecule has 2 atom stereocenters. The molecule has 1 N–H and O–H groups in total. The standard InChI is InChI=1S/C19H21ClN4O5/c1-11-8-17(26)24(19(27)23(11)2)14(10-28-3)18-21-16(22-29-18)9-15(25)12-4-6-13(20)7-5-12/h4-8,14-15,25H,9-10H2,1-3H3/t14-,15-/m0/s1. The average molecular weight is 421 g/mol. The predicted molar refractivity (Wildman–Crippen MR) is 105 cm³/mol. The van der Waals surface area contributed by atoms with Gasteiger partial charge in [0, 0.05) is 37.4 Å². The third kappa shape index (κ3) is 4.47. The van der Waals surface area contributed by atoms with Crippen molar-refractivity contribution in [2.24, 2.45) is 7.05 Å². The zero-order valence-electron chi connectivity index (χ0n) is 16.2. The third-order valence-corrected chi connectivity index (χ3v) is 4.88. The molecule has 0 aliphatic carbocycles. The number of rotatable bonds is 7. The highest BCUT2D eigenvalue weighted by Gasteiger charge is 2.26. The van der Waals surface area contributed by atoms with Crippen LogP contribution in [0.15, 0.2) is 44.4 Å². The highest BCUT2D eigenvalue weighted by molar-refractivity contribution is 6.30. The van der Waals surface area contributed by atoms with E-state index in [2.05, 4.69) is 10.1 Å². The highest BCUT2D eigenvalue weighted by Crippen LogP contribution is 2.21. The van der Waals surface area contributed by atoms with Gasteiger partial charge in [-0.15, -0.1) is 0 Å². The smallest absolute Gasteiger partial charge is 0.331 e. The lowest BCUT2D eigenvalue weighted by molar-refractivity contribution is 0.148. The van der Waals surface area contributed by atoms with E-state index < -0.39 is 23.4 Å². The minimum Gasteiger partial charge on any atom is -0.388 e. The number of nitrogens with zero attached hydrogens (tertiary/aromatic N) is 4. The van der Waals surface area contributed by atoms with Gasteiger partial charge < -0.3 is 18.9 Å². The Bertz CT molecular complexity index is 1100. The number of hydrogen-bond acceptors (Lipinski definition) is 7. The second-order valence-electron chi connectivity index (χ2n) is 6.63. The molecule has 0 fully saturated rings. The van der Waals surface area contributed by atoms with Crippen molar-refractivity contribution in [1.82, 2.24) is 19.3 Å². The highest BCUT2D eigenvalue weighted by atomic mass is 35.5. The fourth-order valence-electron chi connectivity index (χ4n) is 2.91. The van der Waals surface area contributed by atoms with E-state index in [1.807, 2.05) is 0 Å². The molecule has 0 saturated heterocycles. The van der Waals surface area contributed by atoms with Crippen LogP contribution in [0.4, 0.5) is 0 Å². The first kappa shape index (κ1) is 21.0. The summed E-state index contributed by atoms with van der Waals surface area (Å²) in [5.74, 6) is 0.286. The molecule has 0 bridgehead atoms. The molecule has 0 spiro atoms. The summed E-state index contributed by atoms with van der Waals surface area (Å²) in [6.45, 7) is 1.65. The topological polar surface area (TPSA) is 112 Å². The second kappa shape index (κ2) is 8.73. The van der Waals surface area contributed by atoms with E-state index >= 15 is 0 Å². The average Bonchev–Trinajstić information content (AvgIpc) is 3.14. The molecule has 9 nitrogen and oxygen atoms in total. The van der Waals surface area contributed by atoms with Crippen molar-refractivity contribution in [3.63, 3.8) is 0 Å². The van der Waals surface area contributed by atoms with Crippen molar-refractivity contribution < 1.29 is 14.4 Å². The lowest BCUT2D eigenvalue weighted by Gasteiger charge is -2.16. The van der Waals surface area contributed by atoms with Crippen LogP contribution in [-0.4, -0.2) is 38.1 Å². The predicted octanol–water partition coefficient (Wildman–Crippen LogP) is 1.40. The Balaban J connectivity index is 1.90. The summed E-state index contributed by atoms with van der Waals surface area (Å²) < 4.78 is 12.8. The fourth-order valence-corrected chi connectivity index (χ4v) is 3.04. The van der Waals surface area contributed by atoms with E-state index in [0.717, 1.165) is 4.57 Å². The first-order valence-corrected chi connectivity index (χ1v) is 9.23. The monoisotopic (exact) mass is 420 g/mol. The molecule has 0 amide bonds. The number of hydrogen-bond donors (Lipinski definition) is 1. The lowest BCUT2D eigenvalue weighted by Crippen LogP contribution is -2.43. The van der Waals surface area contributed by atoms with Crippen LogP contribution in [0, 0.1) is 6.92 Å². The summed E-state index contributed by atoms with van der Waals surface area (Å²) in [5, 5.41) is 14.8. The van der Waals surface area contributed by atoms with Crippen molar-refractivity contribution in [2.45, 2.75) is 25.5 Å². The quantitative estimate of drug-likeness (QED) is 0.614. The summed E-state index contributed by atoms with van der Waals surface area (Å²) in [4.78, 5) is 29.4. The van der Waals surface area contributed by atoms with Crippen LogP contribution in [-0.2, 0) is 18.2 Å². The van der Waals surface area contributed by atoms with Crippen molar-refractivity contribution in [1.29, 1.82) is 0 Å². The van der Waals surface area contributed by atoms with Gasteiger partial charge >= 0.3 is 5.69 Å². The Morgan fingerprint density at radius 2 is 1.97 bits per heavy atom. The third-order valence-electron chi connectivity index (χ3n) is 4.63. The zero-order valence-corrected chi connectivity index (χ0v) is 17.0. The number of aliphatic hydroxyl groups is 1. The molecule has 154 valence electrons. The first-order chi connectivity index (χ1) is 13.8. The number of benzene rings is 1. The molecular formula is C19H21ClN4O5. The molecule has 0 saturated carbocycles. The van der Waals surface area contributed by atoms with Gasteiger partial charge in [-0.05, 0) is 24.6 Å². The second-order valence-corrected chi connectivity index (χ2v) is 7.06. The first-order valence-electron chi connectivity index (χ1n) is 8.86. The molecular weight excluding hydrogens is 400 g/mol. The summed E-state index contributed by atoms with van der Waals surface area (Å²) in [6.07, 6.45) is -0.778. The molecule has 3 rings (SSSR count). The minimum atomic E-state index is -0.888. The Morgan fingerprint density at radius 3 is 2.62 bits per heavy atom. The molecule has 0 radical (unpaired) electrons. The van der Waals surface area contributed by atoms with Gasteiger partial charge in [-0.3, -0.25) is 4.79 Å². The Kier molecular flexibility index (Phi) is 6.31. The maximum Gasteiger partial charge on any atom is 0.331 e. The van der Waals surface area contributed by atoms with Crippen molar-refractivity contribution in [3.05, 3.63) is 79.2 Å². The summed E-state index contributed by atoms with van der Waals surface area (Å²) in [7, 11) is 3.01. The van der Waals surface area contributed by atoms with Crippen molar-refractivity contribution in [2.75, 3.05) is 13.7 Å². The van der Waals surface area contributed by atoms with Crippen LogP contribution in [0.3, 0.4) is 0 Å². The summed E-state index contributed by atoms with van der Waals surface area (Å²) >= 11 is 5.86. The lowest BCUT2D eigenvalue weighted by atomic mass is 10.1. The number of aromatic nitrogens is 4. The van der Waals surface area contributed by atoms with Gasteiger partial charge in [0.2, 0.25) is 0 Å². The SMILES string of the molecule is COC[C@@H](c1nc(C[C@H](O)c2ccc(Cl)cc2)no1)n1c(=O)cc(C)n(C)c1=O. The molecule has 2 heterocycles. The normalized spacial score (nSPS) is 13.4. The Labute approximate surface area is 171 Å². The largest absolute Gasteiger partial charge is 0.388 e. The molecule has 10 heteroatoms. The van der Waals surface area contributed by atoms with E-state index in [1.54, 1.807) is 38.2 Å². The van der Waals surface area contributed by atoms with Gasteiger partial charge in [-0.1, -0.05) is 28.9 Å². The van der Waals surface area contributed by atoms with E-state index in [0.29, 0.717) is 16.3 Å². The van der Waals surface area contributed by atoms with Gasteiger partial charge in [0.25, 0.3) is 11.4 Å². The number of aliphatic hydroxyl groups excluding tert-OH is 1. The van der Waals surface area contributed by atoms with Crippen LogP contribution in [0.25, 0.3) is 0 Å². The van der Waals surface area contributed by atoms with E-state index in [4.69, 9.17) is 20.9 Å². The molecule has 0 aliphatic heterocycles. The van der Waals surface area contributed by atoms with E-state index in [1.165, 1.54) is 17.7 Å². The molecule has 0 aliphatic rings. The van der Waals surface area contributed by atoms with E-state index in [9.17, 15) is 14.7 Å². The minimum absolute atomic E-state index is 0.0143. The molecule has 29 heavy (non-hydrogen) atoms. The van der Waals surface area contributed by atoms with Gasteiger partial charge in [0.1, 0.15) is 6.04 Å². The number of methoxy groups -OCH3 is 1. The number of aryl methyl sites for hydroxylation is 1. The molecule has 1 aromatic carbocycles. The molecule has 2 aromatic heterocycles. The van der Waals surface area contributed by atoms with Gasteiger partial charge in [0.05, 0.1) is 12.7 Å². The summed E-state index contributed by atoms with van der Waals surface area (Å²) in [5.41, 5.74) is 0.175. The van der Waals surface area contributed by atoms with E-state index in [-0.39, 0.29) is 24.7 Å². The van der Waals surface area contributed by atoms with Gasteiger partial charge in [-0.2, -0.15) is 4.98 Å². The molecule has 0 unspecified atom stereocenters. The van der Waals surface area contributed by atoms with Crippen molar-refractivity contribution >= 4 is 11.6 Å². The molecule has 3 aromatic rings. The van der Waals surface area contributed by atoms with Gasteiger partial charge in [-0.25, -0.2) is 9.36 Å². The fraction of sp³-hybridized carbons (Fsp3) is 0.368. The van der Waals surface area contributed by atoms with Crippen LogP contribution >= 0.6 is 11.6 Å². The summed E-state index contributed by atoms with van der Waals surface area (Å²) in [6, 6.07) is 7.23. The van der Waals surface area contributed by atoms with Crippen LogP contribution in [0.5, 0.6) is 0 Å². The van der Waals surface area contributed by atoms with Gasteiger partial charge in [0.15, 0.2) is 5.82 Å². The maximum absolute atomic E-state index is 12.6.